The molecule has 0 amide bonds. The Morgan fingerprint density at radius 2 is 1.67 bits per heavy atom. The highest BCUT2D eigenvalue weighted by atomic mass is 16.7. The van der Waals surface area contributed by atoms with Crippen LogP contribution in [-0.4, -0.2) is 0 Å². The molecule has 0 radical (unpaired) electrons. The summed E-state index contributed by atoms with van der Waals surface area (Å²) < 4.78 is 12.8. The van der Waals surface area contributed by atoms with Crippen LogP contribution in [0.3, 0.4) is 0 Å². The maximum Gasteiger partial charge on any atom is 0.238 e. The average Bonchev–Trinajstić information content (AvgIpc) is 3.00. The van der Waals surface area contributed by atoms with Crippen LogP contribution in [0.5, 0.6) is 5.75 Å². The van der Waals surface area contributed by atoms with Crippen LogP contribution in [0.1, 0.15) is 61.1 Å². The van der Waals surface area contributed by atoms with Crippen LogP contribution >= 0.6 is 0 Å². The summed E-state index contributed by atoms with van der Waals surface area (Å²) in [5.41, 5.74) is 3.91. The monoisotopic (exact) mass is 320 g/mol. The van der Waals surface area contributed by atoms with Crippen molar-refractivity contribution in [1.29, 1.82) is 0 Å². The minimum absolute atomic E-state index is 0.543. The number of fused-ring (bicyclic) bond motifs is 3. The molecule has 0 N–H and O–H groups in total. The Kier molecular flexibility index (Phi) is 3.41. The lowest BCUT2D eigenvalue weighted by atomic mass is 9.72. The summed E-state index contributed by atoms with van der Waals surface area (Å²) in [6.45, 7) is 0.662. The van der Waals surface area contributed by atoms with E-state index in [1.807, 2.05) is 0 Å². The lowest BCUT2D eigenvalue weighted by molar-refractivity contribution is -0.200. The molecule has 2 heteroatoms. The van der Waals surface area contributed by atoms with E-state index < -0.39 is 5.79 Å². The molecule has 124 valence electrons. The third-order valence-electron chi connectivity index (χ3n) is 6.19. The van der Waals surface area contributed by atoms with E-state index >= 15 is 0 Å². The summed E-state index contributed by atoms with van der Waals surface area (Å²) in [5.74, 6) is 1.75. The van der Waals surface area contributed by atoms with E-state index in [4.69, 9.17) is 9.47 Å². The highest BCUT2D eigenvalue weighted by molar-refractivity contribution is 5.43. The fraction of sp³-hybridized carbons (Fsp3) is 0.455. The number of hydrogen-bond donors (Lipinski definition) is 0. The molecule has 5 rings (SSSR count). The van der Waals surface area contributed by atoms with E-state index in [0.29, 0.717) is 12.5 Å². The van der Waals surface area contributed by atoms with Crippen LogP contribution in [0.15, 0.2) is 48.5 Å². The normalized spacial score (nSPS) is 29.1. The van der Waals surface area contributed by atoms with Crippen molar-refractivity contribution in [2.24, 2.45) is 5.92 Å². The smallest absolute Gasteiger partial charge is 0.238 e. The molecule has 2 nitrogen and oxygen atoms in total. The van der Waals surface area contributed by atoms with E-state index in [9.17, 15) is 0 Å². The molecule has 2 aromatic rings. The van der Waals surface area contributed by atoms with Gasteiger partial charge >= 0.3 is 0 Å². The van der Waals surface area contributed by atoms with E-state index in [2.05, 4.69) is 48.5 Å². The molecule has 1 saturated carbocycles. The molecule has 0 unspecified atom stereocenters. The molecule has 0 bridgehead atoms. The summed E-state index contributed by atoms with van der Waals surface area (Å²) in [5, 5.41) is 0. The van der Waals surface area contributed by atoms with E-state index in [-0.39, 0.29) is 0 Å². The standard InChI is InChI=1S/C22H24O2/c1-2-8-16(9-3-1)19-14-22(24-21-13-7-5-11-18(19)21)20-12-6-4-10-17(20)15-23-22/h4-7,10-13,16,19H,1-3,8-9,14-15H2/t19-,22+/m0/s1. The van der Waals surface area contributed by atoms with Crippen LogP contribution in [-0.2, 0) is 17.1 Å². The quantitative estimate of drug-likeness (QED) is 0.689. The van der Waals surface area contributed by atoms with Gasteiger partial charge in [-0.2, -0.15) is 0 Å². The van der Waals surface area contributed by atoms with Gasteiger partial charge in [-0.1, -0.05) is 61.7 Å². The summed E-state index contributed by atoms with van der Waals surface area (Å²) in [7, 11) is 0. The Balaban J connectivity index is 1.59. The van der Waals surface area contributed by atoms with Crippen molar-refractivity contribution in [2.45, 2.75) is 56.8 Å². The average molecular weight is 320 g/mol. The SMILES string of the molecule is c1ccc2c(c1)CO[C@@]21C[C@@H](C2CCCCC2)c2ccccc2O1. The Labute approximate surface area is 143 Å². The Bertz CT molecular complexity index is 747. The van der Waals surface area contributed by atoms with Gasteiger partial charge in [-0.15, -0.1) is 0 Å². The molecule has 3 aliphatic rings. The molecular weight excluding hydrogens is 296 g/mol. The molecule has 2 aliphatic heterocycles. The van der Waals surface area contributed by atoms with Gasteiger partial charge in [0.1, 0.15) is 5.75 Å². The first-order valence-electron chi connectivity index (χ1n) is 9.36. The molecule has 0 saturated heterocycles. The fourth-order valence-electron chi connectivity index (χ4n) is 5.00. The summed E-state index contributed by atoms with van der Waals surface area (Å²) >= 11 is 0. The number of rotatable bonds is 1. The van der Waals surface area contributed by atoms with Gasteiger partial charge in [-0.05, 0) is 41.9 Å². The second-order valence-corrected chi connectivity index (χ2v) is 7.55. The Hall–Kier alpha value is -1.80. The summed E-state index contributed by atoms with van der Waals surface area (Å²) in [4.78, 5) is 0. The maximum absolute atomic E-state index is 6.51. The van der Waals surface area contributed by atoms with Crippen molar-refractivity contribution in [1.82, 2.24) is 0 Å². The van der Waals surface area contributed by atoms with Gasteiger partial charge in [0.25, 0.3) is 0 Å². The summed E-state index contributed by atoms with van der Waals surface area (Å²) in [6.07, 6.45) is 7.77. The highest BCUT2D eigenvalue weighted by Crippen LogP contribution is 2.54. The Morgan fingerprint density at radius 3 is 2.58 bits per heavy atom. The minimum Gasteiger partial charge on any atom is -0.458 e. The number of hydrogen-bond acceptors (Lipinski definition) is 2. The third-order valence-corrected chi connectivity index (χ3v) is 6.19. The zero-order valence-electron chi connectivity index (χ0n) is 14.0. The van der Waals surface area contributed by atoms with Crippen molar-refractivity contribution in [3.63, 3.8) is 0 Å². The van der Waals surface area contributed by atoms with Gasteiger partial charge in [0, 0.05) is 12.0 Å². The number of ether oxygens (including phenoxy) is 2. The number of benzene rings is 2. The second kappa shape index (κ2) is 5.63. The third kappa shape index (κ3) is 2.20. The Morgan fingerprint density at radius 1 is 0.875 bits per heavy atom. The lowest BCUT2D eigenvalue weighted by Gasteiger charge is -2.43. The lowest BCUT2D eigenvalue weighted by Crippen LogP contribution is -2.40. The predicted molar refractivity (Wildman–Crippen MR) is 93.9 cm³/mol. The van der Waals surface area contributed by atoms with Gasteiger partial charge in [0.2, 0.25) is 5.79 Å². The van der Waals surface area contributed by atoms with Crippen LogP contribution in [0.4, 0.5) is 0 Å². The molecule has 2 atom stereocenters. The van der Waals surface area contributed by atoms with Crippen molar-refractivity contribution in [3.05, 3.63) is 65.2 Å². The molecule has 2 aromatic carbocycles. The van der Waals surface area contributed by atoms with Crippen molar-refractivity contribution in [2.75, 3.05) is 0 Å². The molecule has 0 aromatic heterocycles. The first-order chi connectivity index (χ1) is 11.9. The van der Waals surface area contributed by atoms with Crippen LogP contribution < -0.4 is 4.74 Å². The second-order valence-electron chi connectivity index (χ2n) is 7.55. The largest absolute Gasteiger partial charge is 0.458 e. The van der Waals surface area contributed by atoms with E-state index in [1.165, 1.54) is 48.8 Å². The fourth-order valence-corrected chi connectivity index (χ4v) is 5.00. The van der Waals surface area contributed by atoms with Gasteiger partial charge < -0.3 is 9.47 Å². The zero-order valence-corrected chi connectivity index (χ0v) is 14.0. The summed E-state index contributed by atoms with van der Waals surface area (Å²) in [6, 6.07) is 17.2. The molecule has 2 heterocycles. The molecular formula is C22H24O2. The predicted octanol–water partition coefficient (Wildman–Crippen LogP) is 5.52. The maximum atomic E-state index is 6.51. The van der Waals surface area contributed by atoms with Crippen molar-refractivity contribution >= 4 is 0 Å². The van der Waals surface area contributed by atoms with Gasteiger partial charge in [0.15, 0.2) is 0 Å². The highest BCUT2D eigenvalue weighted by Gasteiger charge is 2.49. The number of para-hydroxylation sites is 1. The minimum atomic E-state index is -0.576. The van der Waals surface area contributed by atoms with E-state index in [1.54, 1.807) is 0 Å². The molecule has 1 aliphatic carbocycles. The van der Waals surface area contributed by atoms with Gasteiger partial charge in [-0.25, -0.2) is 0 Å². The molecule has 1 spiro atoms. The van der Waals surface area contributed by atoms with Gasteiger partial charge in [-0.3, -0.25) is 0 Å². The van der Waals surface area contributed by atoms with Crippen molar-refractivity contribution in [3.8, 4) is 5.75 Å². The van der Waals surface area contributed by atoms with Crippen LogP contribution in [0.2, 0.25) is 0 Å². The van der Waals surface area contributed by atoms with Crippen LogP contribution in [0.25, 0.3) is 0 Å². The van der Waals surface area contributed by atoms with E-state index in [0.717, 1.165) is 18.1 Å². The molecule has 24 heavy (non-hydrogen) atoms. The van der Waals surface area contributed by atoms with Gasteiger partial charge in [0.05, 0.1) is 6.61 Å². The first-order valence-corrected chi connectivity index (χ1v) is 9.36. The molecule has 1 fully saturated rings. The van der Waals surface area contributed by atoms with Crippen molar-refractivity contribution < 1.29 is 9.47 Å². The first kappa shape index (κ1) is 14.5. The zero-order chi connectivity index (χ0) is 16.0. The topological polar surface area (TPSA) is 18.5 Å². The van der Waals surface area contributed by atoms with Crippen LogP contribution in [0, 0.1) is 5.92 Å².